The minimum atomic E-state index is -0.826. The molecule has 2 amide bonds. The molecule has 4 nitrogen and oxygen atoms in total. The molecule has 6 aromatic rings. The quantitative estimate of drug-likeness (QED) is 0.0950. The Morgan fingerprint density at radius 1 is 0.586 bits per heavy atom. The summed E-state index contributed by atoms with van der Waals surface area (Å²) in [6.07, 6.45) is 8.27. The summed E-state index contributed by atoms with van der Waals surface area (Å²) < 4.78 is 0. The summed E-state index contributed by atoms with van der Waals surface area (Å²) in [5.74, 6) is -0.220. The molecule has 6 aromatic carbocycles. The number of rotatable bonds is 12. The standard InChI is InChI=1S/2C22H25.C6H12BN2O2.2ClH.Zr/c2*1-5-6-8-18-13-19-9-7-10-20(22(19)14-18)21-12-15(2)11-16(3)17(21)4;1-3-5(10)8-7-9-6(11)4-2;;;/h2*7,9-14H,5-6,8H2,1-4H3;3-4H2,1-2H3,(H,8,10)(H,9,11);2*1H;/q2*-1;;;;+4/p-2. The van der Waals surface area contributed by atoms with Gasteiger partial charge in [-0.1, -0.05) is 112 Å². The van der Waals surface area contributed by atoms with Crippen molar-refractivity contribution in [2.24, 2.45) is 0 Å². The Hall–Kier alpha value is -3.43. The topological polar surface area (TPSA) is 58.2 Å². The Bertz CT molecular complexity index is 2080. The second-order valence-corrected chi connectivity index (χ2v) is 18.8. The Balaban J connectivity index is 0.000000237. The zero-order chi connectivity index (χ0) is 42.8. The third-order valence-corrected chi connectivity index (χ3v) is 10.6. The number of fused-ring (bicyclic) bond motifs is 2. The first-order valence-corrected chi connectivity index (χ1v) is 27.0. The number of carbonyl (C=O) groups excluding carboxylic acids is 2. The third kappa shape index (κ3) is 14.4. The zero-order valence-corrected chi connectivity index (χ0v) is 40.4. The van der Waals surface area contributed by atoms with Crippen molar-refractivity contribution < 1.29 is 30.4 Å². The number of unbranched alkanes of at least 4 members (excludes halogenated alkanes) is 2. The minimum absolute atomic E-state index is 0.110. The number of hydrogen-bond donors (Lipinski definition) is 2. The van der Waals surface area contributed by atoms with Crippen LogP contribution in [0.15, 0.2) is 84.9 Å². The maximum absolute atomic E-state index is 10.6. The first-order chi connectivity index (χ1) is 27.8. The van der Waals surface area contributed by atoms with Crippen LogP contribution in [0.2, 0.25) is 0 Å². The molecule has 0 fully saturated rings. The van der Waals surface area contributed by atoms with Gasteiger partial charge in [0.25, 0.3) is 0 Å². The number of nitrogens with one attached hydrogen (secondary N) is 2. The van der Waals surface area contributed by atoms with Gasteiger partial charge in [0.1, 0.15) is 0 Å². The number of hydrogen-bond acceptors (Lipinski definition) is 2. The summed E-state index contributed by atoms with van der Waals surface area (Å²) in [5, 5.41) is 10.4. The number of halogens is 2. The molecule has 0 saturated heterocycles. The molecule has 0 heterocycles. The van der Waals surface area contributed by atoms with Crippen LogP contribution in [-0.4, -0.2) is 19.4 Å². The molecule has 0 atom stereocenters. The SMILES string of the molecule is CCC(=O)N[B]NC(=O)CC.CCCCc1cc2c(-c3cc(C)cc(C)c3C)cccc2[cH-]1.CCCCc1cc2c(-c3cc(C)cc(C)c3C)cccc2[cH-]1.[Cl][Zr+2][Cl]. The second kappa shape index (κ2) is 25.2. The number of benzene rings is 4. The molecule has 8 heteroatoms. The number of carbonyl (C=O) groups is 2. The summed E-state index contributed by atoms with van der Waals surface area (Å²) in [5.41, 5.74) is 16.7. The van der Waals surface area contributed by atoms with E-state index in [1.165, 1.54) is 134 Å². The molecule has 305 valence electrons. The van der Waals surface area contributed by atoms with Crippen molar-refractivity contribution in [2.45, 2.75) is 121 Å². The van der Waals surface area contributed by atoms with E-state index in [9.17, 15) is 9.59 Å². The van der Waals surface area contributed by atoms with E-state index in [1.54, 1.807) is 13.8 Å². The van der Waals surface area contributed by atoms with Crippen molar-refractivity contribution in [2.75, 3.05) is 0 Å². The summed E-state index contributed by atoms with van der Waals surface area (Å²) in [6.45, 7) is 21.3. The van der Waals surface area contributed by atoms with E-state index >= 15 is 0 Å². The summed E-state index contributed by atoms with van der Waals surface area (Å²) in [7, 11) is 11.1. The van der Waals surface area contributed by atoms with Gasteiger partial charge in [-0.3, -0.25) is 9.59 Å². The Morgan fingerprint density at radius 2 is 0.966 bits per heavy atom. The zero-order valence-electron chi connectivity index (χ0n) is 36.4. The van der Waals surface area contributed by atoms with Gasteiger partial charge in [0.15, 0.2) is 0 Å². The van der Waals surface area contributed by atoms with Gasteiger partial charge in [-0.15, -0.1) is 69.1 Å². The van der Waals surface area contributed by atoms with Crippen molar-refractivity contribution in [1.29, 1.82) is 0 Å². The van der Waals surface area contributed by atoms with Crippen LogP contribution < -0.4 is 10.5 Å². The van der Waals surface area contributed by atoms with Crippen molar-refractivity contribution in [3.05, 3.63) is 129 Å². The third-order valence-electron chi connectivity index (χ3n) is 10.6. The number of aryl methyl sites for hydroxylation is 6. The molecule has 0 aliphatic carbocycles. The fourth-order valence-electron chi connectivity index (χ4n) is 7.15. The first kappa shape index (κ1) is 48.9. The predicted octanol–water partition coefficient (Wildman–Crippen LogP) is 13.9. The van der Waals surface area contributed by atoms with E-state index in [1.807, 2.05) is 0 Å². The molecular formula is C50H62BCl2N2O2Zr. The maximum atomic E-state index is 10.6. The summed E-state index contributed by atoms with van der Waals surface area (Å²) in [6, 6.07) is 32.2. The van der Waals surface area contributed by atoms with Crippen LogP contribution in [0, 0.1) is 41.5 Å². The molecule has 0 aromatic heterocycles. The molecule has 0 spiro atoms. The van der Waals surface area contributed by atoms with Gasteiger partial charge in [0.05, 0.1) is 0 Å². The Kier molecular flexibility index (Phi) is 21.3. The van der Waals surface area contributed by atoms with Crippen molar-refractivity contribution in [3.8, 4) is 22.3 Å². The van der Waals surface area contributed by atoms with Crippen molar-refractivity contribution >= 4 is 57.9 Å². The molecule has 0 saturated carbocycles. The van der Waals surface area contributed by atoms with E-state index in [0.29, 0.717) is 12.8 Å². The van der Waals surface area contributed by atoms with Crippen LogP contribution >= 0.6 is 17.0 Å². The Morgan fingerprint density at radius 3 is 1.31 bits per heavy atom. The monoisotopic (exact) mass is 893 g/mol. The second-order valence-electron chi connectivity index (χ2n) is 15.1. The Labute approximate surface area is 368 Å². The molecule has 0 aliphatic rings. The van der Waals surface area contributed by atoms with E-state index < -0.39 is 20.8 Å². The number of amides is 2. The van der Waals surface area contributed by atoms with Crippen LogP contribution in [0.25, 0.3) is 43.8 Å². The first-order valence-electron chi connectivity index (χ1n) is 20.7. The average molecular weight is 896 g/mol. The molecule has 0 unspecified atom stereocenters. The molecular weight excluding hydrogens is 834 g/mol. The molecule has 6 rings (SSSR count). The molecule has 1 radical (unpaired) electrons. The summed E-state index contributed by atoms with van der Waals surface area (Å²) in [4.78, 5) is 21.2. The van der Waals surface area contributed by atoms with Crippen LogP contribution in [0.5, 0.6) is 0 Å². The molecule has 0 bridgehead atoms. The van der Waals surface area contributed by atoms with Gasteiger partial charge in [-0.05, 0) is 87.8 Å². The summed E-state index contributed by atoms with van der Waals surface area (Å²) >= 11 is -0.826. The van der Waals surface area contributed by atoms with Gasteiger partial charge in [-0.2, -0.15) is 12.1 Å². The van der Waals surface area contributed by atoms with Crippen LogP contribution in [0.1, 0.15) is 111 Å². The van der Waals surface area contributed by atoms with Gasteiger partial charge in [0, 0.05) is 12.8 Å². The normalized spacial score (nSPS) is 10.3. The van der Waals surface area contributed by atoms with E-state index in [0.717, 1.165) is 0 Å². The van der Waals surface area contributed by atoms with Crippen molar-refractivity contribution in [1.82, 2.24) is 10.5 Å². The fourth-order valence-corrected chi connectivity index (χ4v) is 7.15. The predicted molar refractivity (Wildman–Crippen MR) is 250 cm³/mol. The van der Waals surface area contributed by atoms with Crippen molar-refractivity contribution in [3.63, 3.8) is 0 Å². The van der Waals surface area contributed by atoms with Crippen LogP contribution in [-0.2, 0) is 43.3 Å². The molecule has 0 aliphatic heterocycles. The average Bonchev–Trinajstić information content (AvgIpc) is 3.83. The molecule has 2 N–H and O–H groups in total. The van der Waals surface area contributed by atoms with Gasteiger partial charge >= 0.3 is 45.4 Å². The van der Waals surface area contributed by atoms with Gasteiger partial charge < -0.3 is 10.5 Å². The molecule has 58 heavy (non-hydrogen) atoms. The van der Waals surface area contributed by atoms with Crippen LogP contribution in [0.4, 0.5) is 0 Å². The van der Waals surface area contributed by atoms with E-state index in [-0.39, 0.29) is 11.8 Å². The van der Waals surface area contributed by atoms with Gasteiger partial charge in [-0.25, -0.2) is 0 Å². The van der Waals surface area contributed by atoms with E-state index in [4.69, 9.17) is 17.0 Å². The van der Waals surface area contributed by atoms with Crippen LogP contribution in [0.3, 0.4) is 0 Å². The van der Waals surface area contributed by atoms with E-state index in [2.05, 4.69) is 151 Å². The van der Waals surface area contributed by atoms with Gasteiger partial charge in [0.2, 0.25) is 11.8 Å². The fraction of sp³-hybridized carbons (Fsp3) is 0.360.